The molecule has 2 heterocycles. The average molecular weight is 329 g/mol. The van der Waals surface area contributed by atoms with Crippen molar-refractivity contribution in [1.82, 2.24) is 15.3 Å². The van der Waals surface area contributed by atoms with Gasteiger partial charge in [0, 0.05) is 17.3 Å². The predicted molar refractivity (Wildman–Crippen MR) is 76.6 cm³/mol. The van der Waals surface area contributed by atoms with Crippen LogP contribution in [0.3, 0.4) is 0 Å². The molecule has 0 radical (unpaired) electrons. The summed E-state index contributed by atoms with van der Waals surface area (Å²) < 4.78 is 37.1. The van der Waals surface area contributed by atoms with Crippen LogP contribution in [0.5, 0.6) is 0 Å². The summed E-state index contributed by atoms with van der Waals surface area (Å²) in [6.07, 6.45) is -3.06. The molecular formula is C14H14F3N3OS. The highest BCUT2D eigenvalue weighted by atomic mass is 32.1. The molecule has 0 aliphatic rings. The number of alkyl halides is 3. The fourth-order valence-electron chi connectivity index (χ4n) is 1.62. The van der Waals surface area contributed by atoms with Crippen molar-refractivity contribution in [3.8, 4) is 0 Å². The summed E-state index contributed by atoms with van der Waals surface area (Å²) in [6, 6.07) is 3.61. The highest BCUT2D eigenvalue weighted by molar-refractivity contribution is 7.14. The topological polar surface area (TPSA) is 54.9 Å². The number of halogens is 3. The third-order valence-electron chi connectivity index (χ3n) is 2.86. The molecule has 0 fully saturated rings. The van der Waals surface area contributed by atoms with Crippen LogP contribution in [0.2, 0.25) is 0 Å². The number of amides is 1. The molecule has 1 N–H and O–H groups in total. The molecule has 0 atom stereocenters. The Morgan fingerprint density at radius 1 is 1.27 bits per heavy atom. The second-order valence-electron chi connectivity index (χ2n) is 4.93. The van der Waals surface area contributed by atoms with Gasteiger partial charge in [0.2, 0.25) is 0 Å². The Kier molecular flexibility index (Phi) is 4.80. The van der Waals surface area contributed by atoms with Crippen molar-refractivity contribution in [2.24, 2.45) is 0 Å². The first-order valence-electron chi connectivity index (χ1n) is 6.53. The number of rotatable bonds is 4. The Morgan fingerprint density at radius 2 is 1.91 bits per heavy atom. The number of hydrogen-bond acceptors (Lipinski definition) is 4. The van der Waals surface area contributed by atoms with Gasteiger partial charge in [-0.05, 0) is 18.1 Å². The summed E-state index contributed by atoms with van der Waals surface area (Å²) in [5, 5.41) is 2.59. The van der Waals surface area contributed by atoms with Gasteiger partial charge in [-0.25, -0.2) is 9.97 Å². The van der Waals surface area contributed by atoms with E-state index in [4.69, 9.17) is 0 Å². The van der Waals surface area contributed by atoms with Gasteiger partial charge >= 0.3 is 6.18 Å². The van der Waals surface area contributed by atoms with Crippen molar-refractivity contribution in [3.05, 3.63) is 45.7 Å². The van der Waals surface area contributed by atoms with Gasteiger partial charge in [0.1, 0.15) is 5.82 Å². The molecule has 0 aromatic carbocycles. The highest BCUT2D eigenvalue weighted by Gasteiger charge is 2.31. The zero-order chi connectivity index (χ0) is 16.3. The van der Waals surface area contributed by atoms with E-state index in [0.717, 1.165) is 4.88 Å². The van der Waals surface area contributed by atoms with Gasteiger partial charge in [-0.1, -0.05) is 13.8 Å². The lowest BCUT2D eigenvalue weighted by atomic mass is 10.2. The zero-order valence-corrected chi connectivity index (χ0v) is 12.8. The van der Waals surface area contributed by atoms with E-state index < -0.39 is 11.7 Å². The molecule has 2 aromatic heterocycles. The third-order valence-corrected chi connectivity index (χ3v) is 4.24. The van der Waals surface area contributed by atoms with Gasteiger partial charge in [0.15, 0.2) is 0 Å². The predicted octanol–water partition coefficient (Wildman–Crippen LogP) is 3.61. The van der Waals surface area contributed by atoms with Crippen molar-refractivity contribution in [1.29, 1.82) is 0 Å². The SMILES string of the molecule is CC(C)c1ccc(C(=O)NCc2ncc(C(F)(F)F)cn2)s1. The summed E-state index contributed by atoms with van der Waals surface area (Å²) in [5.74, 6) is 0.173. The van der Waals surface area contributed by atoms with Crippen LogP contribution in [0.15, 0.2) is 24.5 Å². The molecule has 22 heavy (non-hydrogen) atoms. The van der Waals surface area contributed by atoms with E-state index in [1.54, 1.807) is 6.07 Å². The molecule has 2 rings (SSSR count). The van der Waals surface area contributed by atoms with E-state index in [0.29, 0.717) is 23.2 Å². The molecule has 0 saturated carbocycles. The fourth-order valence-corrected chi connectivity index (χ4v) is 2.55. The maximum Gasteiger partial charge on any atom is 0.419 e. The Bertz CT molecular complexity index is 650. The maximum atomic E-state index is 12.4. The lowest BCUT2D eigenvalue weighted by Gasteiger charge is -2.06. The zero-order valence-electron chi connectivity index (χ0n) is 11.9. The largest absolute Gasteiger partial charge is 0.419 e. The fraction of sp³-hybridized carbons (Fsp3) is 0.357. The smallest absolute Gasteiger partial charge is 0.344 e. The van der Waals surface area contributed by atoms with Gasteiger partial charge in [0.25, 0.3) is 5.91 Å². The molecule has 0 spiro atoms. The minimum Gasteiger partial charge on any atom is -0.344 e. The first kappa shape index (κ1) is 16.4. The van der Waals surface area contributed by atoms with Gasteiger partial charge in [-0.3, -0.25) is 4.79 Å². The molecule has 0 aliphatic carbocycles. The lowest BCUT2D eigenvalue weighted by Crippen LogP contribution is -2.23. The molecule has 0 aliphatic heterocycles. The Labute approximate surface area is 129 Å². The summed E-state index contributed by atoms with van der Waals surface area (Å²) in [7, 11) is 0. The third kappa shape index (κ3) is 4.03. The molecule has 118 valence electrons. The highest BCUT2D eigenvalue weighted by Crippen LogP contribution is 2.27. The Hall–Kier alpha value is -1.96. The standard InChI is InChI=1S/C14H14F3N3OS/c1-8(2)10-3-4-11(22-10)13(21)20-7-12-18-5-9(6-19-12)14(15,16)17/h3-6,8H,7H2,1-2H3,(H,20,21). The maximum absolute atomic E-state index is 12.4. The van der Waals surface area contributed by atoms with Crippen LogP contribution in [-0.2, 0) is 12.7 Å². The number of carbonyl (C=O) groups is 1. The molecule has 2 aromatic rings. The molecule has 1 amide bonds. The van der Waals surface area contributed by atoms with E-state index in [1.165, 1.54) is 11.3 Å². The first-order valence-corrected chi connectivity index (χ1v) is 7.35. The minimum absolute atomic E-state index is 0.0219. The lowest BCUT2D eigenvalue weighted by molar-refractivity contribution is -0.138. The number of hydrogen-bond donors (Lipinski definition) is 1. The Balaban J connectivity index is 1.96. The molecule has 8 heteroatoms. The Morgan fingerprint density at radius 3 is 2.41 bits per heavy atom. The normalized spacial score (nSPS) is 11.7. The van der Waals surface area contributed by atoms with Gasteiger partial charge in [-0.2, -0.15) is 13.2 Å². The van der Waals surface area contributed by atoms with Crippen LogP contribution in [0, 0.1) is 0 Å². The van der Waals surface area contributed by atoms with E-state index in [-0.39, 0.29) is 18.3 Å². The van der Waals surface area contributed by atoms with Crippen LogP contribution in [0.25, 0.3) is 0 Å². The van der Waals surface area contributed by atoms with E-state index in [2.05, 4.69) is 15.3 Å². The number of nitrogens with zero attached hydrogens (tertiary/aromatic N) is 2. The molecule has 4 nitrogen and oxygen atoms in total. The number of nitrogens with one attached hydrogen (secondary N) is 1. The molecular weight excluding hydrogens is 315 g/mol. The van der Waals surface area contributed by atoms with Crippen molar-refractivity contribution >= 4 is 17.2 Å². The van der Waals surface area contributed by atoms with Crippen LogP contribution in [0.1, 0.15) is 45.7 Å². The minimum atomic E-state index is -4.47. The summed E-state index contributed by atoms with van der Waals surface area (Å²) in [5.41, 5.74) is -0.914. The van der Waals surface area contributed by atoms with Crippen LogP contribution < -0.4 is 5.32 Å². The number of thiophene rings is 1. The van der Waals surface area contributed by atoms with Crippen molar-refractivity contribution in [2.45, 2.75) is 32.5 Å². The molecule has 0 unspecified atom stereocenters. The van der Waals surface area contributed by atoms with Gasteiger partial charge < -0.3 is 5.32 Å². The van der Waals surface area contributed by atoms with Crippen molar-refractivity contribution < 1.29 is 18.0 Å². The second kappa shape index (κ2) is 6.43. The van der Waals surface area contributed by atoms with E-state index >= 15 is 0 Å². The van der Waals surface area contributed by atoms with E-state index in [9.17, 15) is 18.0 Å². The van der Waals surface area contributed by atoms with Crippen LogP contribution in [-0.4, -0.2) is 15.9 Å². The average Bonchev–Trinajstić information content (AvgIpc) is 2.94. The number of carbonyl (C=O) groups excluding carboxylic acids is 1. The molecule has 0 saturated heterocycles. The van der Waals surface area contributed by atoms with Crippen LogP contribution in [0.4, 0.5) is 13.2 Å². The first-order chi connectivity index (χ1) is 10.3. The van der Waals surface area contributed by atoms with Crippen molar-refractivity contribution in [2.75, 3.05) is 0 Å². The second-order valence-corrected chi connectivity index (χ2v) is 6.04. The summed E-state index contributed by atoms with van der Waals surface area (Å²) >= 11 is 1.39. The summed E-state index contributed by atoms with van der Waals surface area (Å²) in [4.78, 5) is 20.8. The monoisotopic (exact) mass is 329 g/mol. The molecule has 0 bridgehead atoms. The quantitative estimate of drug-likeness (QED) is 0.932. The van der Waals surface area contributed by atoms with Crippen LogP contribution >= 0.6 is 11.3 Å². The summed E-state index contributed by atoms with van der Waals surface area (Å²) in [6.45, 7) is 4.04. The van der Waals surface area contributed by atoms with Gasteiger partial charge in [0.05, 0.1) is 17.0 Å². The van der Waals surface area contributed by atoms with E-state index in [1.807, 2.05) is 19.9 Å². The van der Waals surface area contributed by atoms with Gasteiger partial charge in [-0.15, -0.1) is 11.3 Å². The number of aromatic nitrogens is 2. The van der Waals surface area contributed by atoms with Crippen molar-refractivity contribution in [3.63, 3.8) is 0 Å².